The number of benzene rings is 2. The fraction of sp³-hybridized carbons (Fsp3) is 0.464. The van der Waals surface area contributed by atoms with Crippen molar-refractivity contribution in [1.82, 2.24) is 14.7 Å². The molecule has 0 spiro atoms. The molecule has 200 valence electrons. The lowest BCUT2D eigenvalue weighted by molar-refractivity contribution is -0.274. The van der Waals surface area contributed by atoms with Gasteiger partial charge in [-0.2, -0.15) is 0 Å². The molecular weight excluding hydrogens is 547 g/mol. The Hall–Kier alpha value is -2.36. The van der Waals surface area contributed by atoms with Crippen molar-refractivity contribution in [2.45, 2.75) is 50.7 Å². The van der Waals surface area contributed by atoms with Gasteiger partial charge in [0.2, 0.25) is 5.91 Å². The van der Waals surface area contributed by atoms with Gasteiger partial charge in [0.05, 0.1) is 0 Å². The third kappa shape index (κ3) is 8.32. The van der Waals surface area contributed by atoms with Crippen LogP contribution in [0.5, 0.6) is 5.75 Å². The second kappa shape index (κ2) is 12.5. The summed E-state index contributed by atoms with van der Waals surface area (Å²) in [6.07, 6.45) is 2.65. The van der Waals surface area contributed by atoms with E-state index in [2.05, 4.69) is 37.5 Å². The van der Waals surface area contributed by atoms with Crippen molar-refractivity contribution >= 4 is 27.9 Å². The number of halogens is 4. The largest absolute Gasteiger partial charge is 0.573 e. The normalized spacial score (nSPS) is 18.8. The van der Waals surface area contributed by atoms with Crippen LogP contribution in [-0.4, -0.2) is 72.3 Å². The van der Waals surface area contributed by atoms with Crippen molar-refractivity contribution in [3.63, 3.8) is 0 Å². The summed E-state index contributed by atoms with van der Waals surface area (Å²) in [5.74, 6) is -0.388. The van der Waals surface area contributed by atoms with Gasteiger partial charge >= 0.3 is 6.36 Å². The molecule has 2 aliphatic rings. The highest BCUT2D eigenvalue weighted by molar-refractivity contribution is 9.10. The number of carbonyl (C=O) groups excluding carboxylic acids is 1. The zero-order valence-electron chi connectivity index (χ0n) is 21.0. The predicted molar refractivity (Wildman–Crippen MR) is 142 cm³/mol. The number of nitrogens with zero attached hydrogens (tertiary/aromatic N) is 3. The van der Waals surface area contributed by atoms with Gasteiger partial charge in [-0.05, 0) is 87.3 Å². The number of carbonyl (C=O) groups is 1. The molecule has 0 aromatic heterocycles. The van der Waals surface area contributed by atoms with Crippen LogP contribution in [0.3, 0.4) is 0 Å². The van der Waals surface area contributed by atoms with E-state index in [1.807, 2.05) is 29.2 Å². The summed E-state index contributed by atoms with van der Waals surface area (Å²) < 4.78 is 42.1. The highest BCUT2D eigenvalue weighted by Gasteiger charge is 2.32. The quantitative estimate of drug-likeness (QED) is 0.380. The first-order valence-corrected chi connectivity index (χ1v) is 13.5. The summed E-state index contributed by atoms with van der Waals surface area (Å²) in [6, 6.07) is 14.2. The Balaban J connectivity index is 1.42. The number of amides is 1. The minimum Gasteiger partial charge on any atom is -0.406 e. The van der Waals surface area contributed by atoms with E-state index in [4.69, 9.17) is 0 Å². The van der Waals surface area contributed by atoms with Gasteiger partial charge in [0.15, 0.2) is 0 Å². The lowest BCUT2D eigenvalue weighted by Crippen LogP contribution is -2.51. The van der Waals surface area contributed by atoms with E-state index in [1.54, 1.807) is 6.08 Å². The zero-order chi connectivity index (χ0) is 26.4. The molecule has 2 aromatic rings. The molecule has 2 aliphatic heterocycles. The highest BCUT2D eigenvalue weighted by Crippen LogP contribution is 2.26. The first-order valence-electron chi connectivity index (χ1n) is 12.7. The molecule has 0 N–H and O–H groups in total. The zero-order valence-corrected chi connectivity index (χ0v) is 22.5. The minimum absolute atomic E-state index is 0.101. The SMILES string of the molecule is CN1CCC(N2CCC(N(Cc3ccc(Br)cc3)C(=O)/C=C/c3ccc(OC(F)(F)F)cc3)CC2)CC1. The summed E-state index contributed by atoms with van der Waals surface area (Å²) in [7, 11) is 2.17. The van der Waals surface area contributed by atoms with E-state index in [0.717, 1.165) is 49.1 Å². The Bertz CT molecular complexity index is 1040. The van der Waals surface area contributed by atoms with Crippen molar-refractivity contribution < 1.29 is 22.7 Å². The molecular formula is C28H33BrF3N3O2. The molecule has 37 heavy (non-hydrogen) atoms. The summed E-state index contributed by atoms with van der Waals surface area (Å²) in [5.41, 5.74) is 1.68. The number of likely N-dealkylation sites (tertiary alicyclic amines) is 2. The number of rotatable bonds is 7. The van der Waals surface area contributed by atoms with Crippen molar-refractivity contribution in [3.05, 3.63) is 70.2 Å². The van der Waals surface area contributed by atoms with Gasteiger partial charge in [-0.15, -0.1) is 13.2 Å². The number of piperidine rings is 2. The van der Waals surface area contributed by atoms with Crippen molar-refractivity contribution in [3.8, 4) is 5.75 Å². The van der Waals surface area contributed by atoms with E-state index in [0.29, 0.717) is 18.2 Å². The molecule has 9 heteroatoms. The predicted octanol–water partition coefficient (Wildman–Crippen LogP) is 5.95. The topological polar surface area (TPSA) is 36.0 Å². The molecule has 5 nitrogen and oxygen atoms in total. The van der Waals surface area contributed by atoms with Crippen LogP contribution in [0.4, 0.5) is 13.2 Å². The standard InChI is InChI=1S/C28H33BrF3N3O2/c1-33-16-12-24(13-17-33)34-18-14-25(15-19-34)35(20-22-2-7-23(29)8-3-22)27(36)11-6-21-4-9-26(10-5-21)37-28(30,31)32/h2-11,24-25H,12-20H2,1H3/b11-6+. The maximum absolute atomic E-state index is 13.4. The van der Waals surface area contributed by atoms with Crippen molar-refractivity contribution in [2.75, 3.05) is 33.2 Å². The van der Waals surface area contributed by atoms with Gasteiger partial charge in [-0.3, -0.25) is 4.79 Å². The molecule has 2 heterocycles. The molecule has 1 amide bonds. The molecule has 0 saturated carbocycles. The lowest BCUT2D eigenvalue weighted by atomic mass is 9.96. The van der Waals surface area contributed by atoms with Crippen LogP contribution < -0.4 is 4.74 Å². The van der Waals surface area contributed by atoms with Gasteiger partial charge in [0, 0.05) is 42.3 Å². The van der Waals surface area contributed by atoms with Crippen LogP contribution in [0.1, 0.15) is 36.8 Å². The Morgan fingerprint density at radius 3 is 2.22 bits per heavy atom. The van der Waals surface area contributed by atoms with E-state index < -0.39 is 6.36 Å². The first-order chi connectivity index (χ1) is 17.7. The Labute approximate surface area is 225 Å². The molecule has 2 saturated heterocycles. The second-order valence-electron chi connectivity index (χ2n) is 9.84. The number of hydrogen-bond acceptors (Lipinski definition) is 4. The Morgan fingerprint density at radius 1 is 1.00 bits per heavy atom. The average molecular weight is 580 g/mol. The van der Waals surface area contributed by atoms with Crippen LogP contribution >= 0.6 is 15.9 Å². The van der Waals surface area contributed by atoms with Crippen LogP contribution in [-0.2, 0) is 11.3 Å². The Morgan fingerprint density at radius 2 is 1.62 bits per heavy atom. The monoisotopic (exact) mass is 579 g/mol. The third-order valence-corrected chi connectivity index (χ3v) is 7.75. The van der Waals surface area contributed by atoms with Crippen molar-refractivity contribution in [1.29, 1.82) is 0 Å². The number of hydrogen-bond donors (Lipinski definition) is 0. The van der Waals surface area contributed by atoms with Crippen LogP contribution in [0.25, 0.3) is 6.08 Å². The molecule has 0 atom stereocenters. The highest BCUT2D eigenvalue weighted by atomic mass is 79.9. The molecule has 4 rings (SSSR count). The van der Waals surface area contributed by atoms with E-state index in [1.165, 1.54) is 43.2 Å². The van der Waals surface area contributed by atoms with Gasteiger partial charge < -0.3 is 19.4 Å². The summed E-state index contributed by atoms with van der Waals surface area (Å²) in [6.45, 7) is 4.73. The lowest BCUT2D eigenvalue weighted by Gasteiger charge is -2.43. The molecule has 0 aliphatic carbocycles. The Kier molecular flexibility index (Phi) is 9.31. The van der Waals surface area contributed by atoms with E-state index in [9.17, 15) is 18.0 Å². The van der Waals surface area contributed by atoms with E-state index >= 15 is 0 Å². The molecule has 2 fully saturated rings. The molecule has 0 bridgehead atoms. The number of alkyl halides is 3. The summed E-state index contributed by atoms with van der Waals surface area (Å²) in [4.78, 5) is 20.3. The fourth-order valence-electron chi connectivity index (χ4n) is 5.14. The summed E-state index contributed by atoms with van der Waals surface area (Å²) in [5, 5.41) is 0. The maximum atomic E-state index is 13.4. The van der Waals surface area contributed by atoms with E-state index in [-0.39, 0.29) is 17.7 Å². The fourth-order valence-corrected chi connectivity index (χ4v) is 5.40. The summed E-state index contributed by atoms with van der Waals surface area (Å²) >= 11 is 3.47. The van der Waals surface area contributed by atoms with Gasteiger partial charge in [-0.25, -0.2) is 0 Å². The minimum atomic E-state index is -4.73. The van der Waals surface area contributed by atoms with Gasteiger partial charge in [0.1, 0.15) is 5.75 Å². The average Bonchev–Trinajstić information content (AvgIpc) is 2.87. The van der Waals surface area contributed by atoms with Crippen LogP contribution in [0, 0.1) is 0 Å². The second-order valence-corrected chi connectivity index (χ2v) is 10.8. The third-order valence-electron chi connectivity index (χ3n) is 7.23. The molecule has 2 aromatic carbocycles. The molecule has 0 unspecified atom stereocenters. The van der Waals surface area contributed by atoms with Crippen LogP contribution in [0.15, 0.2) is 59.1 Å². The number of ether oxygens (including phenoxy) is 1. The molecule has 0 radical (unpaired) electrons. The van der Waals surface area contributed by atoms with Crippen LogP contribution in [0.2, 0.25) is 0 Å². The van der Waals surface area contributed by atoms with Gasteiger partial charge in [0.25, 0.3) is 0 Å². The van der Waals surface area contributed by atoms with Crippen molar-refractivity contribution in [2.24, 2.45) is 0 Å². The maximum Gasteiger partial charge on any atom is 0.573 e. The first kappa shape index (κ1) is 27.7. The van der Waals surface area contributed by atoms with Gasteiger partial charge in [-0.1, -0.05) is 40.2 Å². The smallest absolute Gasteiger partial charge is 0.406 e.